The highest BCUT2D eigenvalue weighted by atomic mass is 15.3. The molecule has 0 aromatic heterocycles. The first-order valence-electron chi connectivity index (χ1n) is 8.32. The van der Waals surface area contributed by atoms with E-state index in [-0.39, 0.29) is 5.54 Å². The highest BCUT2D eigenvalue weighted by Gasteiger charge is 2.49. The third-order valence-corrected chi connectivity index (χ3v) is 5.34. The zero-order chi connectivity index (χ0) is 15.0. The Bertz CT molecular complexity index is 319. The van der Waals surface area contributed by atoms with E-state index in [0.717, 1.165) is 6.54 Å². The van der Waals surface area contributed by atoms with Gasteiger partial charge in [0.1, 0.15) is 0 Å². The van der Waals surface area contributed by atoms with Crippen LogP contribution in [0.4, 0.5) is 0 Å². The smallest absolute Gasteiger partial charge is 0.0342 e. The second-order valence-corrected chi connectivity index (χ2v) is 8.93. The fourth-order valence-corrected chi connectivity index (χ4v) is 5.28. The van der Waals surface area contributed by atoms with Gasteiger partial charge in [-0.2, -0.15) is 0 Å². The molecule has 3 heteroatoms. The van der Waals surface area contributed by atoms with E-state index in [1.165, 1.54) is 51.9 Å². The molecule has 2 rings (SSSR count). The van der Waals surface area contributed by atoms with E-state index in [1.54, 1.807) is 0 Å². The van der Waals surface area contributed by atoms with Crippen molar-refractivity contribution in [1.29, 1.82) is 0 Å². The highest BCUT2D eigenvalue weighted by molar-refractivity contribution is 5.05. The molecule has 1 heterocycles. The lowest BCUT2D eigenvalue weighted by Crippen LogP contribution is -2.61. The second-order valence-electron chi connectivity index (χ2n) is 8.93. The summed E-state index contributed by atoms with van der Waals surface area (Å²) < 4.78 is 0. The molecule has 0 radical (unpaired) electrons. The van der Waals surface area contributed by atoms with Crippen molar-refractivity contribution in [2.24, 2.45) is 16.6 Å². The molecule has 118 valence electrons. The van der Waals surface area contributed by atoms with E-state index in [2.05, 4.69) is 44.5 Å². The Morgan fingerprint density at radius 1 is 0.850 bits per heavy atom. The van der Waals surface area contributed by atoms with Gasteiger partial charge in [-0.15, -0.1) is 0 Å². The summed E-state index contributed by atoms with van der Waals surface area (Å²) in [4.78, 5) is 5.20. The number of likely N-dealkylation sites (N-methyl/N-ethyl adjacent to an activating group) is 1. The first kappa shape index (κ1) is 16.3. The summed E-state index contributed by atoms with van der Waals surface area (Å²) >= 11 is 0. The summed E-state index contributed by atoms with van der Waals surface area (Å²) in [6.07, 6.45) is 5.10. The lowest BCUT2D eigenvalue weighted by Gasteiger charge is -2.56. The molecule has 1 aliphatic carbocycles. The van der Waals surface area contributed by atoms with Crippen LogP contribution in [0.2, 0.25) is 0 Å². The molecular weight excluding hydrogens is 246 g/mol. The first-order valence-corrected chi connectivity index (χ1v) is 8.32. The van der Waals surface area contributed by atoms with Crippen molar-refractivity contribution in [3.8, 4) is 0 Å². The fourth-order valence-electron chi connectivity index (χ4n) is 5.28. The van der Waals surface area contributed by atoms with E-state index < -0.39 is 0 Å². The molecule has 2 aliphatic rings. The summed E-state index contributed by atoms with van der Waals surface area (Å²) in [7, 11) is 2.24. The quantitative estimate of drug-likeness (QED) is 0.844. The monoisotopic (exact) mass is 281 g/mol. The zero-order valence-corrected chi connectivity index (χ0v) is 14.3. The van der Waals surface area contributed by atoms with Gasteiger partial charge in [0.2, 0.25) is 0 Å². The molecule has 2 fully saturated rings. The molecule has 0 amide bonds. The molecule has 0 aromatic rings. The van der Waals surface area contributed by atoms with Crippen LogP contribution in [0.15, 0.2) is 0 Å². The predicted molar refractivity (Wildman–Crippen MR) is 86.9 cm³/mol. The topological polar surface area (TPSA) is 32.5 Å². The largest absolute Gasteiger partial charge is 0.329 e. The van der Waals surface area contributed by atoms with Gasteiger partial charge in [0.15, 0.2) is 0 Å². The summed E-state index contributed by atoms with van der Waals surface area (Å²) in [6.45, 7) is 15.3. The third kappa shape index (κ3) is 3.55. The lowest BCUT2D eigenvalue weighted by atomic mass is 9.58. The van der Waals surface area contributed by atoms with Gasteiger partial charge in [-0.3, -0.25) is 4.90 Å². The number of nitrogens with two attached hydrogens (primary N) is 1. The molecular formula is C17H35N3. The summed E-state index contributed by atoms with van der Waals surface area (Å²) in [6, 6.07) is 0. The van der Waals surface area contributed by atoms with Gasteiger partial charge in [-0.05, 0) is 50.1 Å². The van der Waals surface area contributed by atoms with Gasteiger partial charge in [0, 0.05) is 31.7 Å². The Labute approximate surface area is 125 Å². The number of hydrogen-bond acceptors (Lipinski definition) is 3. The van der Waals surface area contributed by atoms with E-state index in [1.807, 2.05) is 0 Å². The predicted octanol–water partition coefficient (Wildman–Crippen LogP) is 2.56. The minimum Gasteiger partial charge on any atom is -0.329 e. The van der Waals surface area contributed by atoms with Crippen LogP contribution in [0.5, 0.6) is 0 Å². The average molecular weight is 281 g/mol. The molecule has 0 aromatic carbocycles. The van der Waals surface area contributed by atoms with Crippen molar-refractivity contribution < 1.29 is 0 Å². The fraction of sp³-hybridized carbons (Fsp3) is 1.00. The van der Waals surface area contributed by atoms with Gasteiger partial charge in [0.25, 0.3) is 0 Å². The maximum atomic E-state index is 6.34. The van der Waals surface area contributed by atoms with Crippen LogP contribution in [0, 0.1) is 10.8 Å². The van der Waals surface area contributed by atoms with Crippen LogP contribution in [0.25, 0.3) is 0 Å². The maximum absolute atomic E-state index is 6.34. The number of nitrogens with zero attached hydrogens (tertiary/aromatic N) is 2. The molecule has 0 bridgehead atoms. The van der Waals surface area contributed by atoms with Crippen LogP contribution in [0.3, 0.4) is 0 Å². The summed E-state index contributed by atoms with van der Waals surface area (Å²) in [5, 5.41) is 0. The van der Waals surface area contributed by atoms with Gasteiger partial charge in [-0.1, -0.05) is 27.7 Å². The molecule has 1 saturated heterocycles. The lowest BCUT2D eigenvalue weighted by molar-refractivity contribution is -0.0417. The van der Waals surface area contributed by atoms with Gasteiger partial charge < -0.3 is 10.6 Å². The number of rotatable bonds is 2. The van der Waals surface area contributed by atoms with Crippen molar-refractivity contribution in [2.75, 3.05) is 39.8 Å². The third-order valence-electron chi connectivity index (χ3n) is 5.34. The average Bonchev–Trinajstić information content (AvgIpc) is 2.50. The summed E-state index contributed by atoms with van der Waals surface area (Å²) in [5.41, 5.74) is 7.36. The Kier molecular flexibility index (Phi) is 4.54. The minimum absolute atomic E-state index is 0.219. The van der Waals surface area contributed by atoms with Crippen molar-refractivity contribution in [3.05, 3.63) is 0 Å². The van der Waals surface area contributed by atoms with Crippen LogP contribution in [-0.4, -0.2) is 55.1 Å². The molecule has 20 heavy (non-hydrogen) atoms. The van der Waals surface area contributed by atoms with Crippen molar-refractivity contribution >= 4 is 0 Å². The molecule has 0 spiro atoms. The molecule has 0 unspecified atom stereocenters. The van der Waals surface area contributed by atoms with Gasteiger partial charge in [0.05, 0.1) is 0 Å². The van der Waals surface area contributed by atoms with E-state index in [4.69, 9.17) is 5.73 Å². The first-order chi connectivity index (χ1) is 9.18. The zero-order valence-electron chi connectivity index (χ0n) is 14.3. The maximum Gasteiger partial charge on any atom is 0.0342 e. The second kappa shape index (κ2) is 5.58. The van der Waals surface area contributed by atoms with Gasteiger partial charge in [-0.25, -0.2) is 0 Å². The Morgan fingerprint density at radius 3 is 2.00 bits per heavy atom. The van der Waals surface area contributed by atoms with E-state index in [0.29, 0.717) is 10.8 Å². The van der Waals surface area contributed by atoms with Crippen LogP contribution in [0.1, 0.15) is 53.4 Å². The Morgan fingerprint density at radius 2 is 1.45 bits per heavy atom. The molecule has 1 aliphatic heterocycles. The van der Waals surface area contributed by atoms with Crippen molar-refractivity contribution in [2.45, 2.75) is 58.9 Å². The van der Waals surface area contributed by atoms with Crippen molar-refractivity contribution in [3.63, 3.8) is 0 Å². The van der Waals surface area contributed by atoms with Crippen LogP contribution < -0.4 is 5.73 Å². The minimum atomic E-state index is 0.219. The SMILES string of the molecule is CN1CCCN(C2(CN)CC(C)(C)CC(C)(C)C2)CC1. The van der Waals surface area contributed by atoms with Crippen LogP contribution >= 0.6 is 0 Å². The highest BCUT2D eigenvalue weighted by Crippen LogP contribution is 2.51. The van der Waals surface area contributed by atoms with Crippen LogP contribution in [-0.2, 0) is 0 Å². The Balaban J connectivity index is 2.23. The van der Waals surface area contributed by atoms with Crippen molar-refractivity contribution in [1.82, 2.24) is 9.80 Å². The molecule has 0 atom stereocenters. The van der Waals surface area contributed by atoms with E-state index in [9.17, 15) is 0 Å². The standard InChI is InChI=1S/C17H35N3/c1-15(2)11-16(3,4)13-17(12-15,14-18)20-8-6-7-19(5)9-10-20/h6-14,18H2,1-5H3. The van der Waals surface area contributed by atoms with E-state index >= 15 is 0 Å². The normalized spacial score (nSPS) is 30.9. The Hall–Kier alpha value is -0.120. The molecule has 1 saturated carbocycles. The molecule has 3 nitrogen and oxygen atoms in total. The number of hydrogen-bond donors (Lipinski definition) is 1. The molecule has 2 N–H and O–H groups in total. The summed E-state index contributed by atoms with van der Waals surface area (Å²) in [5.74, 6) is 0. The van der Waals surface area contributed by atoms with Gasteiger partial charge >= 0.3 is 0 Å².